The summed E-state index contributed by atoms with van der Waals surface area (Å²) < 4.78 is 10.7. The lowest BCUT2D eigenvalue weighted by atomic mass is 10.5. The monoisotopic (exact) mass is 328 g/mol. The lowest BCUT2D eigenvalue weighted by Gasteiger charge is -2.05. The summed E-state index contributed by atoms with van der Waals surface area (Å²) in [4.78, 5) is 20.9. The Kier molecular flexibility index (Phi) is 6.82. The molecule has 0 heterocycles. The molecule has 4 nitrogen and oxygen atoms in total. The molecule has 0 saturated heterocycles. The molecular formula is C8H10Br2O4. The van der Waals surface area contributed by atoms with Crippen LogP contribution in [0.5, 0.6) is 0 Å². The minimum Gasteiger partial charge on any atom is -0.460 e. The van der Waals surface area contributed by atoms with E-state index in [2.05, 4.69) is 31.9 Å². The van der Waals surface area contributed by atoms with Crippen LogP contribution in [0.4, 0.5) is 0 Å². The molecule has 0 atom stereocenters. The number of esters is 2. The predicted octanol–water partition coefficient (Wildman–Crippen LogP) is 2.11. The van der Waals surface area contributed by atoms with Gasteiger partial charge in [0.15, 0.2) is 0 Å². The molecule has 0 rings (SSSR count). The summed E-state index contributed by atoms with van der Waals surface area (Å²) in [7, 11) is 0. The molecule has 0 aromatic carbocycles. The number of ether oxygens (including phenoxy) is 2. The summed E-state index contributed by atoms with van der Waals surface area (Å²) in [5.74, 6) is -0.732. The van der Waals surface area contributed by atoms with E-state index < -0.39 is 0 Å². The highest BCUT2D eigenvalue weighted by atomic mass is 79.9. The molecule has 0 radical (unpaired) electrons. The molecular weight excluding hydrogens is 320 g/mol. The Hall–Kier alpha value is -0.360. The van der Waals surface area contributed by atoms with Crippen molar-refractivity contribution in [3.05, 3.63) is 8.96 Å². The molecule has 14 heavy (non-hydrogen) atoms. The molecule has 0 N–H and O–H groups in total. The van der Waals surface area contributed by atoms with E-state index in [-0.39, 0.29) is 25.2 Å². The van der Waals surface area contributed by atoms with E-state index in [1.54, 1.807) is 0 Å². The lowest BCUT2D eigenvalue weighted by Crippen LogP contribution is -2.05. The molecule has 80 valence electrons. The quantitative estimate of drug-likeness (QED) is 0.741. The van der Waals surface area contributed by atoms with Gasteiger partial charge in [-0.15, -0.1) is 0 Å². The fourth-order valence-corrected chi connectivity index (χ4v) is 0.944. The zero-order valence-electron chi connectivity index (χ0n) is 7.80. The number of carbonyl (C=O) groups excluding carboxylic acids is 2. The number of rotatable bonds is 4. The summed E-state index contributed by atoms with van der Waals surface area (Å²) in [6.07, 6.45) is 0. The zero-order chi connectivity index (χ0) is 11.1. The van der Waals surface area contributed by atoms with Gasteiger partial charge in [-0.2, -0.15) is 0 Å². The van der Waals surface area contributed by atoms with Crippen LogP contribution in [0, 0.1) is 0 Å². The van der Waals surface area contributed by atoms with E-state index in [0.29, 0.717) is 8.96 Å². The van der Waals surface area contributed by atoms with Gasteiger partial charge in [-0.25, -0.2) is 0 Å². The Labute approximate surface area is 98.9 Å². The average molecular weight is 330 g/mol. The van der Waals surface area contributed by atoms with Crippen molar-refractivity contribution in [2.75, 3.05) is 13.2 Å². The highest BCUT2D eigenvalue weighted by molar-refractivity contribution is 9.14. The molecule has 0 unspecified atom stereocenters. The normalized spacial score (nSPS) is 11.7. The van der Waals surface area contributed by atoms with Crippen molar-refractivity contribution in [1.82, 2.24) is 0 Å². The molecule has 0 spiro atoms. The van der Waals surface area contributed by atoms with Gasteiger partial charge in [0.2, 0.25) is 0 Å². The van der Waals surface area contributed by atoms with Crippen LogP contribution >= 0.6 is 31.9 Å². The first kappa shape index (κ1) is 13.6. The zero-order valence-corrected chi connectivity index (χ0v) is 11.0. The van der Waals surface area contributed by atoms with Crippen molar-refractivity contribution in [3.8, 4) is 0 Å². The minimum absolute atomic E-state index is 0.122. The summed E-state index contributed by atoms with van der Waals surface area (Å²) in [6, 6.07) is 0. The largest absolute Gasteiger partial charge is 0.460 e. The van der Waals surface area contributed by atoms with E-state index in [0.717, 1.165) is 0 Å². The molecule has 0 aliphatic rings. The van der Waals surface area contributed by atoms with Crippen LogP contribution in [-0.2, 0) is 19.1 Å². The lowest BCUT2D eigenvalue weighted by molar-refractivity contribution is -0.141. The second kappa shape index (κ2) is 7.00. The smallest absolute Gasteiger partial charge is 0.302 e. The minimum atomic E-state index is -0.366. The fourth-order valence-electron chi connectivity index (χ4n) is 0.487. The van der Waals surface area contributed by atoms with E-state index in [1.165, 1.54) is 13.8 Å². The van der Waals surface area contributed by atoms with Crippen LogP contribution in [0.3, 0.4) is 0 Å². The molecule has 0 amide bonds. The van der Waals surface area contributed by atoms with Crippen molar-refractivity contribution in [2.45, 2.75) is 13.8 Å². The van der Waals surface area contributed by atoms with Crippen LogP contribution in [0.25, 0.3) is 0 Å². The van der Waals surface area contributed by atoms with Crippen LogP contribution in [-0.4, -0.2) is 25.2 Å². The molecule has 0 bridgehead atoms. The van der Waals surface area contributed by atoms with Gasteiger partial charge in [-0.3, -0.25) is 9.59 Å². The topological polar surface area (TPSA) is 52.6 Å². The van der Waals surface area contributed by atoms with Crippen LogP contribution in [0.1, 0.15) is 13.8 Å². The molecule has 0 aromatic rings. The highest BCUT2D eigenvalue weighted by Crippen LogP contribution is 2.18. The standard InChI is InChI=1S/C8H10Br2O4/c1-5(11)13-3-7(9)8(10)4-14-6(2)12/h3-4H2,1-2H3. The van der Waals surface area contributed by atoms with E-state index in [4.69, 9.17) is 9.47 Å². The SMILES string of the molecule is CC(=O)OCC(Br)=C(Br)COC(C)=O. The predicted molar refractivity (Wildman–Crippen MR) is 58.1 cm³/mol. The summed E-state index contributed by atoms with van der Waals surface area (Å²) in [5.41, 5.74) is 0. The Morgan fingerprint density at radius 1 is 0.929 bits per heavy atom. The maximum absolute atomic E-state index is 10.5. The first-order valence-electron chi connectivity index (χ1n) is 3.73. The second-order valence-electron chi connectivity index (χ2n) is 2.37. The van der Waals surface area contributed by atoms with E-state index in [9.17, 15) is 9.59 Å². The second-order valence-corrected chi connectivity index (χ2v) is 4.28. The summed E-state index contributed by atoms with van der Waals surface area (Å²) in [6.45, 7) is 2.88. The molecule has 0 saturated carbocycles. The summed E-state index contributed by atoms with van der Waals surface area (Å²) >= 11 is 6.37. The van der Waals surface area contributed by atoms with Crippen LogP contribution in [0.2, 0.25) is 0 Å². The van der Waals surface area contributed by atoms with Crippen LogP contribution in [0.15, 0.2) is 8.96 Å². The Bertz CT molecular complexity index is 234. The van der Waals surface area contributed by atoms with E-state index >= 15 is 0 Å². The van der Waals surface area contributed by atoms with Gasteiger partial charge in [0.05, 0.1) is 0 Å². The van der Waals surface area contributed by atoms with Gasteiger partial charge < -0.3 is 9.47 Å². The molecule has 0 aromatic heterocycles. The average Bonchev–Trinajstić information content (AvgIpc) is 2.09. The van der Waals surface area contributed by atoms with Gasteiger partial charge in [-0.1, -0.05) is 31.9 Å². The van der Waals surface area contributed by atoms with Gasteiger partial charge in [0, 0.05) is 22.8 Å². The van der Waals surface area contributed by atoms with Crippen molar-refractivity contribution >= 4 is 43.8 Å². The number of halogens is 2. The maximum Gasteiger partial charge on any atom is 0.302 e. The Morgan fingerprint density at radius 2 is 1.21 bits per heavy atom. The summed E-state index contributed by atoms with van der Waals surface area (Å²) in [5, 5.41) is 0. The number of hydrogen-bond acceptors (Lipinski definition) is 4. The first-order valence-corrected chi connectivity index (χ1v) is 5.31. The number of hydrogen-bond donors (Lipinski definition) is 0. The van der Waals surface area contributed by atoms with Crippen molar-refractivity contribution in [2.24, 2.45) is 0 Å². The molecule has 0 aliphatic heterocycles. The number of carbonyl (C=O) groups is 2. The highest BCUT2D eigenvalue weighted by Gasteiger charge is 2.04. The molecule has 0 aliphatic carbocycles. The Morgan fingerprint density at radius 3 is 1.43 bits per heavy atom. The van der Waals surface area contributed by atoms with Gasteiger partial charge in [0.25, 0.3) is 0 Å². The third-order valence-corrected chi connectivity index (χ3v) is 3.05. The first-order chi connectivity index (χ1) is 6.43. The van der Waals surface area contributed by atoms with Crippen molar-refractivity contribution < 1.29 is 19.1 Å². The Balaban J connectivity index is 4.01. The maximum atomic E-state index is 10.5. The van der Waals surface area contributed by atoms with Gasteiger partial charge >= 0.3 is 11.9 Å². The molecule has 0 fully saturated rings. The van der Waals surface area contributed by atoms with Crippen LogP contribution < -0.4 is 0 Å². The van der Waals surface area contributed by atoms with Gasteiger partial charge in [0.1, 0.15) is 13.2 Å². The van der Waals surface area contributed by atoms with Crippen molar-refractivity contribution in [3.63, 3.8) is 0 Å². The fraction of sp³-hybridized carbons (Fsp3) is 0.500. The third kappa shape index (κ3) is 7.08. The molecule has 6 heteroatoms. The van der Waals surface area contributed by atoms with E-state index in [1.807, 2.05) is 0 Å². The van der Waals surface area contributed by atoms with Crippen molar-refractivity contribution in [1.29, 1.82) is 0 Å². The van der Waals surface area contributed by atoms with Gasteiger partial charge in [-0.05, 0) is 0 Å². The third-order valence-electron chi connectivity index (χ3n) is 1.10.